The predicted octanol–water partition coefficient (Wildman–Crippen LogP) is 2.35. The summed E-state index contributed by atoms with van der Waals surface area (Å²) in [6.45, 7) is 9.28. The van der Waals surface area contributed by atoms with Crippen LogP contribution in [0, 0.1) is 6.92 Å². The molecular weight excluding hydrogens is 334 g/mol. The number of hydrogen-bond acceptors (Lipinski definition) is 6. The minimum atomic E-state index is -0.288. The van der Waals surface area contributed by atoms with Crippen LogP contribution in [0.3, 0.4) is 0 Å². The highest BCUT2D eigenvalue weighted by atomic mass is 16.6. The molecular formula is C18H29N5O3. The van der Waals surface area contributed by atoms with Crippen molar-refractivity contribution in [3.8, 4) is 0 Å². The predicted molar refractivity (Wildman–Crippen MR) is 99.2 cm³/mol. The highest BCUT2D eigenvalue weighted by molar-refractivity contribution is 5.92. The average molecular weight is 363 g/mol. The zero-order valence-electron chi connectivity index (χ0n) is 16.0. The number of likely N-dealkylation sites (tertiary alicyclic amines) is 1. The van der Waals surface area contributed by atoms with Gasteiger partial charge in [-0.25, -0.2) is 14.8 Å². The van der Waals surface area contributed by atoms with Gasteiger partial charge in [-0.1, -0.05) is 6.92 Å². The van der Waals surface area contributed by atoms with E-state index in [2.05, 4.69) is 27.5 Å². The summed E-state index contributed by atoms with van der Waals surface area (Å²) in [5, 5.41) is 6.21. The number of rotatable bonds is 6. The molecule has 1 aromatic rings. The van der Waals surface area contributed by atoms with E-state index in [1.807, 2.05) is 13.8 Å². The molecule has 2 rings (SSSR count). The van der Waals surface area contributed by atoms with Crippen LogP contribution in [-0.2, 0) is 4.74 Å². The fourth-order valence-electron chi connectivity index (χ4n) is 2.75. The largest absolute Gasteiger partial charge is 0.450 e. The molecule has 0 aliphatic carbocycles. The summed E-state index contributed by atoms with van der Waals surface area (Å²) in [4.78, 5) is 34.6. The van der Waals surface area contributed by atoms with Gasteiger partial charge in [0.05, 0.1) is 6.61 Å². The van der Waals surface area contributed by atoms with Crippen LogP contribution in [0.5, 0.6) is 0 Å². The Morgan fingerprint density at radius 2 is 2.00 bits per heavy atom. The standard InChI is InChI=1S/C18H29N5O3/c1-5-12(3)19-17-20-13(4)11-15(22-17)16(24)21-14-7-9-23(10-8-14)18(25)26-6-2/h11-12,14H,5-10H2,1-4H3,(H,21,24)(H,19,20,22). The average Bonchev–Trinajstić information content (AvgIpc) is 2.61. The fraction of sp³-hybridized carbons (Fsp3) is 0.667. The maximum Gasteiger partial charge on any atom is 0.409 e. The third kappa shape index (κ3) is 5.57. The van der Waals surface area contributed by atoms with Crippen molar-refractivity contribution in [2.24, 2.45) is 0 Å². The molecule has 0 saturated carbocycles. The first kappa shape index (κ1) is 19.9. The summed E-state index contributed by atoms with van der Waals surface area (Å²) in [5.74, 6) is 0.263. The number of hydrogen-bond donors (Lipinski definition) is 2. The molecule has 8 nitrogen and oxygen atoms in total. The van der Waals surface area contributed by atoms with E-state index in [0.29, 0.717) is 44.2 Å². The molecule has 1 aliphatic rings. The number of ether oxygens (including phenoxy) is 1. The molecule has 1 fully saturated rings. The van der Waals surface area contributed by atoms with E-state index in [0.717, 1.165) is 12.1 Å². The zero-order valence-corrected chi connectivity index (χ0v) is 16.0. The molecule has 1 aliphatic heterocycles. The lowest BCUT2D eigenvalue weighted by molar-refractivity contribution is 0.0856. The van der Waals surface area contributed by atoms with Gasteiger partial charge < -0.3 is 20.3 Å². The van der Waals surface area contributed by atoms with Gasteiger partial charge in [0.15, 0.2) is 0 Å². The molecule has 1 unspecified atom stereocenters. The Labute approximate surface area is 154 Å². The number of anilines is 1. The van der Waals surface area contributed by atoms with E-state index in [-0.39, 0.29) is 24.1 Å². The Morgan fingerprint density at radius 3 is 2.62 bits per heavy atom. The van der Waals surface area contributed by atoms with Crippen molar-refractivity contribution in [1.29, 1.82) is 0 Å². The summed E-state index contributed by atoms with van der Waals surface area (Å²) in [5.41, 5.74) is 1.10. The quantitative estimate of drug-likeness (QED) is 0.805. The Kier molecular flexibility index (Phi) is 7.17. The molecule has 0 aromatic carbocycles. The van der Waals surface area contributed by atoms with Crippen LogP contribution in [0.25, 0.3) is 0 Å². The first-order chi connectivity index (χ1) is 12.4. The molecule has 1 aromatic heterocycles. The number of piperidine rings is 1. The van der Waals surface area contributed by atoms with Crippen LogP contribution in [-0.4, -0.2) is 58.6 Å². The minimum absolute atomic E-state index is 0.0226. The lowest BCUT2D eigenvalue weighted by atomic mass is 10.1. The van der Waals surface area contributed by atoms with E-state index < -0.39 is 0 Å². The second-order valence-electron chi connectivity index (χ2n) is 6.61. The van der Waals surface area contributed by atoms with Crippen LogP contribution < -0.4 is 10.6 Å². The molecule has 144 valence electrons. The normalized spacial score (nSPS) is 16.1. The van der Waals surface area contributed by atoms with Crippen molar-refractivity contribution in [2.45, 2.75) is 59.0 Å². The lowest BCUT2D eigenvalue weighted by Crippen LogP contribution is -2.46. The van der Waals surface area contributed by atoms with Crippen molar-refractivity contribution < 1.29 is 14.3 Å². The number of aryl methyl sites for hydroxylation is 1. The molecule has 0 radical (unpaired) electrons. The highest BCUT2D eigenvalue weighted by Crippen LogP contribution is 2.13. The van der Waals surface area contributed by atoms with Crippen LogP contribution in [0.4, 0.5) is 10.7 Å². The fourth-order valence-corrected chi connectivity index (χ4v) is 2.75. The van der Waals surface area contributed by atoms with Crippen LogP contribution in [0.1, 0.15) is 56.2 Å². The van der Waals surface area contributed by atoms with Gasteiger partial charge in [-0.2, -0.15) is 0 Å². The van der Waals surface area contributed by atoms with E-state index in [1.54, 1.807) is 17.9 Å². The first-order valence-electron chi connectivity index (χ1n) is 9.27. The Morgan fingerprint density at radius 1 is 1.31 bits per heavy atom. The SMILES string of the molecule is CCOC(=O)N1CCC(NC(=O)c2cc(C)nc(NC(C)CC)n2)CC1. The van der Waals surface area contributed by atoms with Crippen LogP contribution in [0.2, 0.25) is 0 Å². The summed E-state index contributed by atoms with van der Waals surface area (Å²) in [7, 11) is 0. The molecule has 26 heavy (non-hydrogen) atoms. The number of carbonyl (C=O) groups is 2. The first-order valence-corrected chi connectivity index (χ1v) is 9.27. The van der Waals surface area contributed by atoms with Gasteiger partial charge in [0, 0.05) is 30.9 Å². The molecule has 0 bridgehead atoms. The number of nitrogens with zero attached hydrogens (tertiary/aromatic N) is 3. The molecule has 2 N–H and O–H groups in total. The van der Waals surface area contributed by atoms with Crippen LogP contribution in [0.15, 0.2) is 6.07 Å². The van der Waals surface area contributed by atoms with Crippen LogP contribution >= 0.6 is 0 Å². The highest BCUT2D eigenvalue weighted by Gasteiger charge is 2.25. The number of amides is 2. The number of aromatic nitrogens is 2. The summed E-state index contributed by atoms with van der Waals surface area (Å²) >= 11 is 0. The third-order valence-corrected chi connectivity index (χ3v) is 4.43. The van der Waals surface area contributed by atoms with Crippen molar-refractivity contribution in [1.82, 2.24) is 20.2 Å². The molecule has 2 heterocycles. The summed E-state index contributed by atoms with van der Waals surface area (Å²) in [6, 6.07) is 1.94. The zero-order chi connectivity index (χ0) is 19.1. The van der Waals surface area contributed by atoms with Gasteiger partial charge in [0.2, 0.25) is 5.95 Å². The molecule has 1 atom stereocenters. The number of carbonyl (C=O) groups excluding carboxylic acids is 2. The van der Waals surface area contributed by atoms with E-state index >= 15 is 0 Å². The second kappa shape index (κ2) is 9.35. The van der Waals surface area contributed by atoms with Crippen molar-refractivity contribution in [2.75, 3.05) is 25.0 Å². The Hall–Kier alpha value is -2.38. The van der Waals surface area contributed by atoms with Gasteiger partial charge in [-0.05, 0) is 46.1 Å². The summed E-state index contributed by atoms with van der Waals surface area (Å²) < 4.78 is 5.01. The Balaban J connectivity index is 1.93. The second-order valence-corrected chi connectivity index (χ2v) is 6.61. The van der Waals surface area contributed by atoms with Gasteiger partial charge in [0.1, 0.15) is 5.69 Å². The van der Waals surface area contributed by atoms with Crippen molar-refractivity contribution in [3.05, 3.63) is 17.5 Å². The van der Waals surface area contributed by atoms with Crippen molar-refractivity contribution >= 4 is 17.9 Å². The monoisotopic (exact) mass is 363 g/mol. The Bertz CT molecular complexity index is 629. The smallest absolute Gasteiger partial charge is 0.409 e. The molecule has 8 heteroatoms. The summed E-state index contributed by atoms with van der Waals surface area (Å²) in [6.07, 6.45) is 2.06. The maximum atomic E-state index is 12.6. The van der Waals surface area contributed by atoms with Crippen molar-refractivity contribution in [3.63, 3.8) is 0 Å². The number of nitrogens with one attached hydrogen (secondary N) is 2. The molecule has 1 saturated heterocycles. The maximum absolute atomic E-state index is 12.6. The topological polar surface area (TPSA) is 96.5 Å². The minimum Gasteiger partial charge on any atom is -0.450 e. The lowest BCUT2D eigenvalue weighted by Gasteiger charge is -2.31. The van der Waals surface area contributed by atoms with Gasteiger partial charge in [-0.15, -0.1) is 0 Å². The van der Waals surface area contributed by atoms with E-state index in [4.69, 9.17) is 4.74 Å². The molecule has 0 spiro atoms. The third-order valence-electron chi connectivity index (χ3n) is 4.43. The van der Waals surface area contributed by atoms with E-state index in [9.17, 15) is 9.59 Å². The van der Waals surface area contributed by atoms with Gasteiger partial charge >= 0.3 is 6.09 Å². The van der Waals surface area contributed by atoms with E-state index in [1.165, 1.54) is 0 Å². The molecule has 2 amide bonds. The van der Waals surface area contributed by atoms with Gasteiger partial charge in [0.25, 0.3) is 5.91 Å². The van der Waals surface area contributed by atoms with Gasteiger partial charge in [-0.3, -0.25) is 4.79 Å².